The predicted molar refractivity (Wildman–Crippen MR) is 120 cm³/mol. The average molecular weight is 445 g/mol. The van der Waals surface area contributed by atoms with Crippen molar-refractivity contribution >= 4 is 51.7 Å². The van der Waals surface area contributed by atoms with Crippen LogP contribution in [0.5, 0.6) is 0 Å². The Labute approximate surface area is 184 Å². The van der Waals surface area contributed by atoms with E-state index in [0.717, 1.165) is 22.2 Å². The molecule has 30 heavy (non-hydrogen) atoms. The Bertz CT molecular complexity index is 1170. The van der Waals surface area contributed by atoms with Gasteiger partial charge in [-0.3, -0.25) is 9.59 Å². The third-order valence-electron chi connectivity index (χ3n) is 6.08. The van der Waals surface area contributed by atoms with Crippen LogP contribution in [0.1, 0.15) is 24.6 Å². The minimum Gasteiger partial charge on any atom is -0.480 e. The van der Waals surface area contributed by atoms with Crippen LogP contribution in [0.2, 0.25) is 10.0 Å². The number of benzene rings is 2. The number of halogens is 2. The van der Waals surface area contributed by atoms with Crippen LogP contribution in [0, 0.1) is 5.41 Å². The second-order valence-electron chi connectivity index (χ2n) is 8.12. The lowest BCUT2D eigenvalue weighted by atomic mass is 9.73. The number of carboxylic acid groups (broad SMARTS) is 1. The van der Waals surface area contributed by atoms with Crippen molar-refractivity contribution in [3.63, 3.8) is 0 Å². The molecule has 1 unspecified atom stereocenters. The summed E-state index contributed by atoms with van der Waals surface area (Å²) in [4.78, 5) is 26.6. The zero-order chi connectivity index (χ0) is 21.6. The highest BCUT2D eigenvalue weighted by molar-refractivity contribution is 6.42. The van der Waals surface area contributed by atoms with Crippen LogP contribution in [-0.4, -0.2) is 28.6 Å². The van der Waals surface area contributed by atoms with Crippen molar-refractivity contribution in [3.05, 3.63) is 63.8 Å². The summed E-state index contributed by atoms with van der Waals surface area (Å²) in [7, 11) is 1.75. The molecular weight excluding hydrogens is 423 g/mol. The van der Waals surface area contributed by atoms with Gasteiger partial charge in [-0.2, -0.15) is 0 Å². The van der Waals surface area contributed by atoms with E-state index in [1.807, 2.05) is 35.8 Å². The zero-order valence-corrected chi connectivity index (χ0v) is 18.3. The monoisotopic (exact) mass is 444 g/mol. The highest BCUT2D eigenvalue weighted by Crippen LogP contribution is 2.42. The van der Waals surface area contributed by atoms with Gasteiger partial charge in [0.2, 0.25) is 5.91 Å². The van der Waals surface area contributed by atoms with Crippen molar-refractivity contribution in [2.24, 2.45) is 5.41 Å². The van der Waals surface area contributed by atoms with Crippen molar-refractivity contribution in [2.45, 2.75) is 32.7 Å². The molecule has 7 heteroatoms. The molecule has 1 atom stereocenters. The Hall–Kier alpha value is -2.50. The van der Waals surface area contributed by atoms with E-state index in [-0.39, 0.29) is 12.5 Å². The molecular formula is C23H22Cl2N2O3. The van der Waals surface area contributed by atoms with Crippen LogP contribution in [0.4, 0.5) is 5.69 Å². The number of hydrogen-bond acceptors (Lipinski definition) is 2. The second-order valence-corrected chi connectivity index (χ2v) is 8.94. The molecule has 0 fully saturated rings. The first-order chi connectivity index (χ1) is 14.2. The summed E-state index contributed by atoms with van der Waals surface area (Å²) < 4.78 is 1.87. The molecule has 5 nitrogen and oxygen atoms in total. The van der Waals surface area contributed by atoms with Gasteiger partial charge >= 0.3 is 5.97 Å². The van der Waals surface area contributed by atoms with Gasteiger partial charge in [0.1, 0.15) is 6.54 Å². The molecule has 0 aliphatic heterocycles. The fourth-order valence-electron chi connectivity index (χ4n) is 4.50. The minimum atomic E-state index is -0.873. The molecule has 1 heterocycles. The van der Waals surface area contributed by atoms with Crippen LogP contribution < -0.4 is 4.90 Å². The van der Waals surface area contributed by atoms with Crippen molar-refractivity contribution in [1.29, 1.82) is 0 Å². The van der Waals surface area contributed by atoms with Gasteiger partial charge in [-0.25, -0.2) is 0 Å². The summed E-state index contributed by atoms with van der Waals surface area (Å²) >= 11 is 12.2. The minimum absolute atomic E-state index is 0.00149. The third kappa shape index (κ3) is 3.46. The summed E-state index contributed by atoms with van der Waals surface area (Å²) in [6.07, 6.45) is 1.84. The van der Waals surface area contributed by atoms with Crippen molar-refractivity contribution in [3.8, 4) is 0 Å². The van der Waals surface area contributed by atoms with E-state index in [1.54, 1.807) is 30.1 Å². The summed E-state index contributed by atoms with van der Waals surface area (Å²) in [5.74, 6) is -0.871. The molecule has 0 radical (unpaired) electrons. The molecule has 0 saturated carbocycles. The van der Waals surface area contributed by atoms with E-state index in [1.165, 1.54) is 0 Å². The maximum Gasteiger partial charge on any atom is 0.323 e. The number of rotatable bonds is 4. The van der Waals surface area contributed by atoms with Gasteiger partial charge in [-0.15, -0.1) is 0 Å². The summed E-state index contributed by atoms with van der Waals surface area (Å²) in [6.45, 7) is 1.90. The van der Waals surface area contributed by atoms with Crippen molar-refractivity contribution < 1.29 is 14.7 Å². The molecule has 156 valence electrons. The number of hydrogen-bond donors (Lipinski definition) is 1. The van der Waals surface area contributed by atoms with Crippen molar-refractivity contribution in [2.75, 3.05) is 11.9 Å². The maximum atomic E-state index is 13.5. The Morgan fingerprint density at radius 1 is 1.17 bits per heavy atom. The molecule has 0 bridgehead atoms. The van der Waals surface area contributed by atoms with E-state index in [9.17, 15) is 14.7 Å². The summed E-state index contributed by atoms with van der Waals surface area (Å²) in [6, 6.07) is 13.0. The van der Waals surface area contributed by atoms with Gasteiger partial charge < -0.3 is 14.6 Å². The number of anilines is 1. The van der Waals surface area contributed by atoms with Crippen LogP contribution in [0.3, 0.4) is 0 Å². The van der Waals surface area contributed by atoms with Gasteiger partial charge in [-0.1, -0.05) is 48.3 Å². The second kappa shape index (κ2) is 7.64. The topological polar surface area (TPSA) is 62.5 Å². The molecule has 3 aromatic rings. The molecule has 1 aliphatic rings. The van der Waals surface area contributed by atoms with Gasteiger partial charge in [0.25, 0.3) is 0 Å². The fourth-order valence-corrected chi connectivity index (χ4v) is 4.79. The molecule has 1 aromatic heterocycles. The van der Waals surface area contributed by atoms with E-state index < -0.39 is 11.4 Å². The molecule has 0 spiro atoms. The first-order valence-electron chi connectivity index (χ1n) is 9.75. The van der Waals surface area contributed by atoms with E-state index in [4.69, 9.17) is 23.2 Å². The maximum absolute atomic E-state index is 13.5. The molecule has 1 N–H and O–H groups in total. The number of carboxylic acids is 1. The average Bonchev–Trinajstić information content (AvgIpc) is 3.01. The zero-order valence-electron chi connectivity index (χ0n) is 16.8. The largest absolute Gasteiger partial charge is 0.480 e. The van der Waals surface area contributed by atoms with Crippen LogP contribution in [-0.2, 0) is 29.0 Å². The smallest absolute Gasteiger partial charge is 0.323 e. The van der Waals surface area contributed by atoms with Crippen LogP contribution >= 0.6 is 23.2 Å². The van der Waals surface area contributed by atoms with Gasteiger partial charge in [-0.05, 0) is 49.1 Å². The Kier molecular flexibility index (Phi) is 5.28. The number of fused-ring (bicyclic) bond motifs is 3. The number of carbonyl (C=O) groups is 2. The number of aliphatic carboxylic acids is 1. The predicted octanol–water partition coefficient (Wildman–Crippen LogP) is 5.19. The molecule has 0 saturated heterocycles. The highest BCUT2D eigenvalue weighted by Gasteiger charge is 2.41. The first-order valence-corrected chi connectivity index (χ1v) is 10.5. The molecule has 4 rings (SSSR count). The Morgan fingerprint density at radius 2 is 1.90 bits per heavy atom. The van der Waals surface area contributed by atoms with E-state index in [2.05, 4.69) is 0 Å². The van der Waals surface area contributed by atoms with Crippen molar-refractivity contribution in [1.82, 2.24) is 4.57 Å². The molecule has 2 aromatic carbocycles. The van der Waals surface area contributed by atoms with Crippen LogP contribution in [0.15, 0.2) is 42.5 Å². The Balaban J connectivity index is 1.71. The lowest BCUT2D eigenvalue weighted by molar-refractivity contribution is -0.137. The summed E-state index contributed by atoms with van der Waals surface area (Å²) in [5.41, 5.74) is 3.07. The highest BCUT2D eigenvalue weighted by atomic mass is 35.5. The van der Waals surface area contributed by atoms with E-state index in [0.29, 0.717) is 35.0 Å². The number of carbonyl (C=O) groups excluding carboxylic acids is 1. The van der Waals surface area contributed by atoms with E-state index >= 15 is 0 Å². The normalized spacial score (nSPS) is 18.3. The van der Waals surface area contributed by atoms with Crippen LogP contribution in [0.25, 0.3) is 10.9 Å². The van der Waals surface area contributed by atoms with Gasteiger partial charge in [0.05, 0.1) is 15.5 Å². The third-order valence-corrected chi connectivity index (χ3v) is 6.82. The number of nitrogens with zero attached hydrogens (tertiary/aromatic N) is 2. The van der Waals surface area contributed by atoms with Gasteiger partial charge in [0, 0.05) is 29.3 Å². The number of aromatic nitrogens is 1. The fraction of sp³-hybridized carbons (Fsp3) is 0.304. The quantitative estimate of drug-likeness (QED) is 0.601. The number of amides is 1. The Morgan fingerprint density at radius 3 is 2.60 bits per heavy atom. The lowest BCUT2D eigenvalue weighted by Gasteiger charge is -2.36. The summed E-state index contributed by atoms with van der Waals surface area (Å²) in [5, 5.41) is 11.2. The van der Waals surface area contributed by atoms with Gasteiger partial charge in [0.15, 0.2) is 0 Å². The first kappa shape index (κ1) is 20.8. The molecule has 1 amide bonds. The number of para-hydroxylation sites is 1. The lowest BCUT2D eigenvalue weighted by Crippen LogP contribution is -2.44. The standard InChI is InChI=1S/C23H22Cl2N2O3/c1-23(22(30)26(2)14-7-8-17(24)18(25)11-14)10-9-20-16(12-23)15-5-3-4-6-19(15)27(20)13-21(28)29/h3-8,11H,9-10,12-13H2,1-2H3,(H,28,29). The molecule has 1 aliphatic carbocycles. The SMILES string of the molecule is CN(C(=O)C1(C)CCc2c(c3ccccc3n2CC(=O)O)C1)c1ccc(Cl)c(Cl)c1.